The van der Waals surface area contributed by atoms with E-state index in [4.69, 9.17) is 16.3 Å². The van der Waals surface area contributed by atoms with Gasteiger partial charge in [-0.05, 0) is 48.7 Å². The van der Waals surface area contributed by atoms with Gasteiger partial charge in [0.1, 0.15) is 18.1 Å². The van der Waals surface area contributed by atoms with Gasteiger partial charge in [-0.2, -0.15) is 0 Å². The SMILES string of the molecule is CC(=O)CCc1ccc(OCc2ccc(Cl)cc2)cc1. The number of halogens is 1. The summed E-state index contributed by atoms with van der Waals surface area (Å²) >= 11 is 5.83. The number of aryl methyl sites for hydroxylation is 1. The molecule has 0 bridgehead atoms. The number of benzene rings is 2. The maximum absolute atomic E-state index is 10.9. The van der Waals surface area contributed by atoms with Crippen LogP contribution in [-0.4, -0.2) is 5.78 Å². The average molecular weight is 289 g/mol. The van der Waals surface area contributed by atoms with Gasteiger partial charge in [0, 0.05) is 11.4 Å². The first kappa shape index (κ1) is 14.6. The molecule has 0 aliphatic heterocycles. The van der Waals surface area contributed by atoms with Crippen molar-refractivity contribution in [3.63, 3.8) is 0 Å². The molecule has 0 aromatic heterocycles. The number of ether oxygens (including phenoxy) is 1. The predicted octanol–water partition coefficient (Wildman–Crippen LogP) is 4.44. The van der Waals surface area contributed by atoms with Crippen molar-refractivity contribution in [2.75, 3.05) is 0 Å². The Bertz CT molecular complexity index is 559. The molecule has 20 heavy (non-hydrogen) atoms. The molecule has 0 spiro atoms. The van der Waals surface area contributed by atoms with E-state index < -0.39 is 0 Å². The summed E-state index contributed by atoms with van der Waals surface area (Å²) in [4.78, 5) is 10.9. The molecule has 0 radical (unpaired) electrons. The minimum atomic E-state index is 0.216. The fourth-order valence-corrected chi connectivity index (χ4v) is 1.95. The van der Waals surface area contributed by atoms with E-state index in [0.29, 0.717) is 13.0 Å². The molecule has 2 nitrogen and oxygen atoms in total. The third kappa shape index (κ3) is 4.71. The van der Waals surface area contributed by atoms with Crippen LogP contribution in [0.4, 0.5) is 0 Å². The lowest BCUT2D eigenvalue weighted by atomic mass is 10.1. The summed E-state index contributed by atoms with van der Waals surface area (Å²) in [6.45, 7) is 2.13. The number of ketones is 1. The van der Waals surface area contributed by atoms with Gasteiger partial charge in [-0.15, -0.1) is 0 Å². The number of hydrogen-bond acceptors (Lipinski definition) is 2. The number of hydrogen-bond donors (Lipinski definition) is 0. The van der Waals surface area contributed by atoms with Crippen LogP contribution in [-0.2, 0) is 17.8 Å². The number of carbonyl (C=O) groups excluding carboxylic acids is 1. The minimum Gasteiger partial charge on any atom is -0.489 e. The van der Waals surface area contributed by atoms with Crippen LogP contribution in [0.2, 0.25) is 5.02 Å². The Morgan fingerprint density at radius 2 is 1.60 bits per heavy atom. The minimum absolute atomic E-state index is 0.216. The van der Waals surface area contributed by atoms with Gasteiger partial charge in [-0.25, -0.2) is 0 Å². The van der Waals surface area contributed by atoms with E-state index in [1.54, 1.807) is 6.92 Å². The molecule has 0 atom stereocenters. The average Bonchev–Trinajstić information content (AvgIpc) is 2.45. The summed E-state index contributed by atoms with van der Waals surface area (Å²) < 4.78 is 5.70. The zero-order valence-corrected chi connectivity index (χ0v) is 12.2. The van der Waals surface area contributed by atoms with Gasteiger partial charge in [0.05, 0.1) is 0 Å². The topological polar surface area (TPSA) is 26.3 Å². The first-order chi connectivity index (χ1) is 9.63. The van der Waals surface area contributed by atoms with Crippen molar-refractivity contribution in [1.29, 1.82) is 0 Å². The Kier molecular flexibility index (Phi) is 5.19. The molecule has 2 aromatic carbocycles. The van der Waals surface area contributed by atoms with E-state index in [0.717, 1.165) is 28.3 Å². The molecule has 0 aliphatic carbocycles. The molecule has 0 saturated carbocycles. The maximum Gasteiger partial charge on any atom is 0.130 e. The molecular formula is C17H17ClO2. The van der Waals surface area contributed by atoms with Gasteiger partial charge in [0.15, 0.2) is 0 Å². The number of carbonyl (C=O) groups is 1. The molecule has 0 saturated heterocycles. The molecule has 0 unspecified atom stereocenters. The van der Waals surface area contributed by atoms with E-state index in [1.807, 2.05) is 48.5 Å². The van der Waals surface area contributed by atoms with Gasteiger partial charge in [-0.1, -0.05) is 35.9 Å². The second-order valence-electron chi connectivity index (χ2n) is 4.76. The summed E-state index contributed by atoms with van der Waals surface area (Å²) in [7, 11) is 0. The van der Waals surface area contributed by atoms with Crippen LogP contribution >= 0.6 is 11.6 Å². The zero-order chi connectivity index (χ0) is 14.4. The lowest BCUT2D eigenvalue weighted by molar-refractivity contribution is -0.116. The lowest BCUT2D eigenvalue weighted by Crippen LogP contribution is -1.96. The summed E-state index contributed by atoms with van der Waals surface area (Å²) in [5, 5.41) is 0.726. The van der Waals surface area contributed by atoms with Crippen molar-refractivity contribution < 1.29 is 9.53 Å². The Morgan fingerprint density at radius 1 is 1.00 bits per heavy atom. The van der Waals surface area contributed by atoms with Gasteiger partial charge in [-0.3, -0.25) is 0 Å². The summed E-state index contributed by atoms with van der Waals surface area (Å²) in [6, 6.07) is 15.5. The van der Waals surface area contributed by atoms with Crippen LogP contribution in [0.5, 0.6) is 5.75 Å². The van der Waals surface area contributed by atoms with Crippen LogP contribution in [0.3, 0.4) is 0 Å². The van der Waals surface area contributed by atoms with E-state index in [2.05, 4.69) is 0 Å². The van der Waals surface area contributed by atoms with Gasteiger partial charge < -0.3 is 9.53 Å². The lowest BCUT2D eigenvalue weighted by Gasteiger charge is -2.07. The van der Waals surface area contributed by atoms with Crippen molar-refractivity contribution in [3.8, 4) is 5.75 Å². The molecule has 0 amide bonds. The van der Waals surface area contributed by atoms with Crippen molar-refractivity contribution in [1.82, 2.24) is 0 Å². The third-order valence-electron chi connectivity index (χ3n) is 3.01. The van der Waals surface area contributed by atoms with Crippen molar-refractivity contribution in [3.05, 3.63) is 64.7 Å². The zero-order valence-electron chi connectivity index (χ0n) is 11.4. The van der Waals surface area contributed by atoms with E-state index in [1.165, 1.54) is 0 Å². The predicted molar refractivity (Wildman–Crippen MR) is 81.2 cm³/mol. The van der Waals surface area contributed by atoms with E-state index in [9.17, 15) is 4.79 Å². The second kappa shape index (κ2) is 7.11. The molecule has 0 aliphatic rings. The maximum atomic E-state index is 10.9. The van der Waals surface area contributed by atoms with Gasteiger partial charge in [0.2, 0.25) is 0 Å². The van der Waals surface area contributed by atoms with Crippen LogP contribution < -0.4 is 4.74 Å². The number of rotatable bonds is 6. The largest absolute Gasteiger partial charge is 0.489 e. The highest BCUT2D eigenvalue weighted by atomic mass is 35.5. The quantitative estimate of drug-likeness (QED) is 0.785. The Labute approximate surface area is 124 Å². The highest BCUT2D eigenvalue weighted by Gasteiger charge is 1.99. The van der Waals surface area contributed by atoms with Gasteiger partial charge in [0.25, 0.3) is 0 Å². The Hall–Kier alpha value is -1.80. The summed E-state index contributed by atoms with van der Waals surface area (Å²) in [5.74, 6) is 1.04. The Balaban J connectivity index is 1.87. The highest BCUT2D eigenvalue weighted by molar-refractivity contribution is 6.30. The highest BCUT2D eigenvalue weighted by Crippen LogP contribution is 2.16. The molecule has 3 heteroatoms. The molecule has 0 N–H and O–H groups in total. The van der Waals surface area contributed by atoms with Gasteiger partial charge >= 0.3 is 0 Å². The molecule has 2 aromatic rings. The van der Waals surface area contributed by atoms with Crippen LogP contribution in [0.1, 0.15) is 24.5 Å². The fraction of sp³-hybridized carbons (Fsp3) is 0.235. The van der Waals surface area contributed by atoms with E-state index >= 15 is 0 Å². The normalized spacial score (nSPS) is 10.3. The van der Waals surface area contributed by atoms with Crippen molar-refractivity contribution in [2.24, 2.45) is 0 Å². The van der Waals surface area contributed by atoms with Crippen molar-refractivity contribution in [2.45, 2.75) is 26.4 Å². The van der Waals surface area contributed by atoms with E-state index in [-0.39, 0.29) is 5.78 Å². The Morgan fingerprint density at radius 3 is 2.20 bits per heavy atom. The standard InChI is InChI=1S/C17H17ClO2/c1-13(19)2-3-14-6-10-17(11-7-14)20-12-15-4-8-16(18)9-5-15/h4-11H,2-3,12H2,1H3. The smallest absolute Gasteiger partial charge is 0.130 e. The fourth-order valence-electron chi connectivity index (χ4n) is 1.82. The van der Waals surface area contributed by atoms with Crippen LogP contribution in [0.25, 0.3) is 0 Å². The second-order valence-corrected chi connectivity index (χ2v) is 5.20. The van der Waals surface area contributed by atoms with Crippen LogP contribution in [0, 0.1) is 0 Å². The first-order valence-electron chi connectivity index (χ1n) is 6.59. The summed E-state index contributed by atoms with van der Waals surface area (Å²) in [5.41, 5.74) is 2.23. The monoisotopic (exact) mass is 288 g/mol. The number of Topliss-reactive ketones (excluding diaryl/α,β-unsaturated/α-hetero) is 1. The molecule has 104 valence electrons. The molecule has 2 rings (SSSR count). The van der Waals surface area contributed by atoms with Crippen LogP contribution in [0.15, 0.2) is 48.5 Å². The van der Waals surface area contributed by atoms with Crippen molar-refractivity contribution >= 4 is 17.4 Å². The third-order valence-corrected chi connectivity index (χ3v) is 3.26. The molecule has 0 fully saturated rings. The first-order valence-corrected chi connectivity index (χ1v) is 6.97. The summed E-state index contributed by atoms with van der Waals surface area (Å²) in [6.07, 6.45) is 1.37. The molecule has 0 heterocycles. The molecular weight excluding hydrogens is 272 g/mol.